The second kappa shape index (κ2) is 3.81. The number of aromatic nitrogens is 1. The van der Waals surface area contributed by atoms with E-state index in [0.29, 0.717) is 12.0 Å². The van der Waals surface area contributed by atoms with E-state index in [9.17, 15) is 9.50 Å². The van der Waals surface area contributed by atoms with E-state index in [1.54, 1.807) is 6.20 Å². The highest BCUT2D eigenvalue weighted by molar-refractivity contribution is 5.23. The fraction of sp³-hybridized carbons (Fsp3) is 0.615. The maximum atomic E-state index is 13.2. The lowest BCUT2D eigenvalue weighted by atomic mass is 9.63. The number of pyridine rings is 1. The van der Waals surface area contributed by atoms with Crippen molar-refractivity contribution in [3.05, 3.63) is 29.8 Å². The Morgan fingerprint density at radius 3 is 2.56 bits per heavy atom. The molecule has 0 radical (unpaired) electrons. The summed E-state index contributed by atoms with van der Waals surface area (Å²) in [6, 6.07) is 1.40. The average molecular weight is 223 g/mol. The summed E-state index contributed by atoms with van der Waals surface area (Å²) in [6.45, 7) is 4.08. The molecule has 0 amide bonds. The van der Waals surface area contributed by atoms with Crippen LogP contribution in [0.1, 0.15) is 45.1 Å². The molecule has 1 saturated carbocycles. The molecule has 1 aromatic heterocycles. The zero-order valence-electron chi connectivity index (χ0n) is 9.83. The number of halogens is 1. The van der Waals surface area contributed by atoms with Crippen LogP contribution in [0.25, 0.3) is 0 Å². The van der Waals surface area contributed by atoms with Gasteiger partial charge in [-0.3, -0.25) is 4.98 Å². The van der Waals surface area contributed by atoms with E-state index in [0.717, 1.165) is 19.3 Å². The Bertz CT molecular complexity index is 391. The smallest absolute Gasteiger partial charge is 0.141 e. The van der Waals surface area contributed by atoms with Crippen LogP contribution in [0.5, 0.6) is 0 Å². The summed E-state index contributed by atoms with van der Waals surface area (Å²) in [7, 11) is 0. The number of nitrogens with zero attached hydrogens (tertiary/aromatic N) is 1. The topological polar surface area (TPSA) is 33.1 Å². The van der Waals surface area contributed by atoms with Gasteiger partial charge in [-0.1, -0.05) is 26.7 Å². The highest BCUT2D eigenvalue weighted by atomic mass is 19.1. The monoisotopic (exact) mass is 223 g/mol. The van der Waals surface area contributed by atoms with Gasteiger partial charge in [0.05, 0.1) is 11.8 Å². The van der Waals surface area contributed by atoms with Gasteiger partial charge in [-0.15, -0.1) is 0 Å². The van der Waals surface area contributed by atoms with Crippen LogP contribution in [0.2, 0.25) is 0 Å². The van der Waals surface area contributed by atoms with Crippen molar-refractivity contribution in [2.24, 2.45) is 5.41 Å². The van der Waals surface area contributed by atoms with Gasteiger partial charge in [0.15, 0.2) is 0 Å². The summed E-state index contributed by atoms with van der Waals surface area (Å²) < 4.78 is 13.2. The molecule has 3 heteroatoms. The molecule has 16 heavy (non-hydrogen) atoms. The molecular weight excluding hydrogens is 205 g/mol. The van der Waals surface area contributed by atoms with Gasteiger partial charge in [-0.25, -0.2) is 4.39 Å². The van der Waals surface area contributed by atoms with Crippen molar-refractivity contribution >= 4 is 0 Å². The van der Waals surface area contributed by atoms with Gasteiger partial charge in [0.25, 0.3) is 0 Å². The Balaban J connectivity index is 2.43. The second-order valence-corrected chi connectivity index (χ2v) is 5.34. The molecule has 0 bridgehead atoms. The van der Waals surface area contributed by atoms with Crippen molar-refractivity contribution in [3.63, 3.8) is 0 Å². The van der Waals surface area contributed by atoms with Crippen LogP contribution in [0.4, 0.5) is 4.39 Å². The lowest BCUT2D eigenvalue weighted by Gasteiger charge is -2.46. The quantitative estimate of drug-likeness (QED) is 0.794. The van der Waals surface area contributed by atoms with Crippen LogP contribution in [-0.2, 0) is 5.60 Å². The molecule has 1 aliphatic rings. The van der Waals surface area contributed by atoms with Gasteiger partial charge in [0.2, 0.25) is 0 Å². The molecule has 1 atom stereocenters. The molecule has 2 nitrogen and oxygen atoms in total. The zero-order chi connectivity index (χ0) is 11.8. The normalized spacial score (nSPS) is 29.0. The van der Waals surface area contributed by atoms with Crippen molar-refractivity contribution in [1.82, 2.24) is 4.98 Å². The summed E-state index contributed by atoms with van der Waals surface area (Å²) in [5, 5.41) is 10.8. The van der Waals surface area contributed by atoms with Crippen LogP contribution >= 0.6 is 0 Å². The third-order valence-electron chi connectivity index (χ3n) is 3.89. The Labute approximate surface area is 95.5 Å². The van der Waals surface area contributed by atoms with E-state index in [1.807, 2.05) is 13.8 Å². The summed E-state index contributed by atoms with van der Waals surface area (Å²) in [6.07, 6.45) is 6.50. The molecule has 1 N–H and O–H groups in total. The van der Waals surface area contributed by atoms with Crippen molar-refractivity contribution < 1.29 is 9.50 Å². The van der Waals surface area contributed by atoms with Gasteiger partial charge in [-0.2, -0.15) is 0 Å². The van der Waals surface area contributed by atoms with E-state index in [4.69, 9.17) is 0 Å². The van der Waals surface area contributed by atoms with Crippen molar-refractivity contribution in [2.45, 2.75) is 45.1 Å². The first-order chi connectivity index (χ1) is 7.46. The molecule has 1 aromatic rings. The first kappa shape index (κ1) is 11.5. The summed E-state index contributed by atoms with van der Waals surface area (Å²) in [5.74, 6) is -0.382. The minimum Gasteiger partial charge on any atom is -0.385 e. The molecule has 0 saturated heterocycles. The largest absolute Gasteiger partial charge is 0.385 e. The van der Waals surface area contributed by atoms with Gasteiger partial charge in [0.1, 0.15) is 5.82 Å². The first-order valence-electron chi connectivity index (χ1n) is 5.79. The predicted octanol–water partition coefficient (Wildman–Crippen LogP) is 3.01. The third kappa shape index (κ3) is 1.73. The van der Waals surface area contributed by atoms with E-state index in [2.05, 4.69) is 4.98 Å². The molecule has 0 spiro atoms. The van der Waals surface area contributed by atoms with Crippen molar-refractivity contribution in [3.8, 4) is 0 Å². The molecule has 1 aliphatic carbocycles. The van der Waals surface area contributed by atoms with E-state index >= 15 is 0 Å². The molecule has 88 valence electrons. The highest BCUT2D eigenvalue weighted by Crippen LogP contribution is 2.49. The lowest BCUT2D eigenvalue weighted by molar-refractivity contribution is -0.104. The number of aliphatic hydroxyl groups is 1. The van der Waals surface area contributed by atoms with Crippen LogP contribution in [0, 0.1) is 11.2 Å². The Kier molecular flexibility index (Phi) is 2.74. The molecule has 1 heterocycles. The maximum Gasteiger partial charge on any atom is 0.141 e. The Morgan fingerprint density at radius 1 is 1.25 bits per heavy atom. The van der Waals surface area contributed by atoms with Crippen LogP contribution in [0.3, 0.4) is 0 Å². The fourth-order valence-corrected chi connectivity index (χ4v) is 2.67. The maximum absolute atomic E-state index is 13.2. The molecular formula is C13H18FNO. The van der Waals surface area contributed by atoms with E-state index in [-0.39, 0.29) is 11.2 Å². The van der Waals surface area contributed by atoms with Crippen LogP contribution in [-0.4, -0.2) is 10.1 Å². The number of rotatable bonds is 1. The van der Waals surface area contributed by atoms with Crippen molar-refractivity contribution in [2.75, 3.05) is 0 Å². The van der Waals surface area contributed by atoms with Crippen LogP contribution in [0.15, 0.2) is 18.5 Å². The molecule has 0 aliphatic heterocycles. The van der Waals surface area contributed by atoms with Gasteiger partial charge >= 0.3 is 0 Å². The highest BCUT2D eigenvalue weighted by Gasteiger charge is 2.46. The predicted molar refractivity (Wildman–Crippen MR) is 60.3 cm³/mol. The first-order valence-corrected chi connectivity index (χ1v) is 5.79. The third-order valence-corrected chi connectivity index (χ3v) is 3.89. The molecule has 0 aromatic carbocycles. The SMILES string of the molecule is CC1(C)CCCCC1(O)c1cncc(F)c1. The summed E-state index contributed by atoms with van der Waals surface area (Å²) in [4.78, 5) is 3.84. The molecule has 1 fully saturated rings. The average Bonchev–Trinajstić information content (AvgIpc) is 2.22. The van der Waals surface area contributed by atoms with E-state index in [1.165, 1.54) is 12.3 Å². The summed E-state index contributed by atoms with van der Waals surface area (Å²) in [5.41, 5.74) is -0.557. The summed E-state index contributed by atoms with van der Waals surface area (Å²) >= 11 is 0. The minimum absolute atomic E-state index is 0.222. The Hall–Kier alpha value is -0.960. The fourth-order valence-electron chi connectivity index (χ4n) is 2.67. The van der Waals surface area contributed by atoms with Gasteiger partial charge in [-0.05, 0) is 24.3 Å². The van der Waals surface area contributed by atoms with Gasteiger partial charge in [0, 0.05) is 11.8 Å². The lowest BCUT2D eigenvalue weighted by Crippen LogP contribution is -2.44. The molecule has 2 rings (SSSR count). The van der Waals surface area contributed by atoms with Crippen LogP contribution < -0.4 is 0 Å². The van der Waals surface area contributed by atoms with Crippen molar-refractivity contribution in [1.29, 1.82) is 0 Å². The standard InChI is InChI=1S/C13H18FNO/c1-12(2)5-3-4-6-13(12,16)10-7-11(14)9-15-8-10/h7-9,16H,3-6H2,1-2H3. The Morgan fingerprint density at radius 2 is 1.94 bits per heavy atom. The van der Waals surface area contributed by atoms with Gasteiger partial charge < -0.3 is 5.11 Å². The number of hydrogen-bond donors (Lipinski definition) is 1. The zero-order valence-corrected chi connectivity index (χ0v) is 9.83. The number of hydrogen-bond acceptors (Lipinski definition) is 2. The molecule has 1 unspecified atom stereocenters. The van der Waals surface area contributed by atoms with E-state index < -0.39 is 5.60 Å². The minimum atomic E-state index is -0.944. The second-order valence-electron chi connectivity index (χ2n) is 5.34.